The number of rotatable bonds is 4. The van der Waals surface area contributed by atoms with Gasteiger partial charge in [0.15, 0.2) is 0 Å². The van der Waals surface area contributed by atoms with E-state index in [9.17, 15) is 4.79 Å². The molecule has 0 spiro atoms. The number of nitrogens with one attached hydrogen (secondary N) is 1. The zero-order valence-electron chi connectivity index (χ0n) is 11.6. The minimum Gasteiger partial charge on any atom is -0.336 e. The maximum absolute atomic E-state index is 12.3. The van der Waals surface area contributed by atoms with E-state index in [1.54, 1.807) is 36.5 Å². The second-order valence-corrected chi connectivity index (χ2v) is 8.04. The van der Waals surface area contributed by atoms with Gasteiger partial charge >= 0.3 is 0 Å². The van der Waals surface area contributed by atoms with Crippen LogP contribution in [0.25, 0.3) is 0 Å². The number of amides is 1. The molecule has 0 fully saturated rings. The third-order valence-corrected chi connectivity index (χ3v) is 4.95. The molecule has 0 bridgehead atoms. The highest BCUT2D eigenvalue weighted by molar-refractivity contribution is 8.00. The number of halogens is 3. The SMILES string of the molecule is Cc1cccc(C(=O)N[C@H](Sc2ccccn2)C(Cl)(Cl)Cl)c1. The molecule has 116 valence electrons. The van der Waals surface area contributed by atoms with E-state index >= 15 is 0 Å². The van der Waals surface area contributed by atoms with Gasteiger partial charge in [0.25, 0.3) is 5.91 Å². The van der Waals surface area contributed by atoms with Crippen molar-refractivity contribution in [3.05, 3.63) is 59.8 Å². The molecular weight excluding hydrogens is 363 g/mol. The van der Waals surface area contributed by atoms with Gasteiger partial charge in [0, 0.05) is 11.8 Å². The Hall–Kier alpha value is -0.940. The number of nitrogens with zero attached hydrogens (tertiary/aromatic N) is 1. The molecule has 0 radical (unpaired) electrons. The van der Waals surface area contributed by atoms with Crippen LogP contribution >= 0.6 is 46.6 Å². The van der Waals surface area contributed by atoms with Crippen molar-refractivity contribution in [3.8, 4) is 0 Å². The van der Waals surface area contributed by atoms with Crippen LogP contribution in [0.4, 0.5) is 0 Å². The quantitative estimate of drug-likeness (QED) is 0.482. The van der Waals surface area contributed by atoms with E-state index in [4.69, 9.17) is 34.8 Å². The molecule has 1 N–H and O–H groups in total. The van der Waals surface area contributed by atoms with E-state index in [-0.39, 0.29) is 5.91 Å². The van der Waals surface area contributed by atoms with Gasteiger partial charge in [-0.1, -0.05) is 70.3 Å². The maximum Gasteiger partial charge on any atom is 0.252 e. The molecule has 0 saturated heterocycles. The van der Waals surface area contributed by atoms with E-state index in [1.807, 2.05) is 19.1 Å². The van der Waals surface area contributed by atoms with Gasteiger partial charge in [-0.2, -0.15) is 0 Å². The minimum absolute atomic E-state index is 0.302. The zero-order chi connectivity index (χ0) is 16.2. The summed E-state index contributed by atoms with van der Waals surface area (Å²) >= 11 is 19.1. The molecule has 3 nitrogen and oxygen atoms in total. The number of pyridine rings is 1. The third-order valence-electron chi connectivity index (χ3n) is 2.72. The monoisotopic (exact) mass is 374 g/mol. The van der Waals surface area contributed by atoms with Crippen LogP contribution < -0.4 is 5.32 Å². The van der Waals surface area contributed by atoms with E-state index in [0.717, 1.165) is 5.56 Å². The molecule has 0 unspecified atom stereocenters. The number of carbonyl (C=O) groups is 1. The first kappa shape index (κ1) is 17.4. The Kier molecular flexibility index (Phi) is 5.98. The minimum atomic E-state index is -1.67. The van der Waals surface area contributed by atoms with Crippen LogP contribution in [-0.4, -0.2) is 20.1 Å². The van der Waals surface area contributed by atoms with Crippen LogP contribution in [0.15, 0.2) is 53.7 Å². The summed E-state index contributed by atoms with van der Waals surface area (Å²) in [5.41, 5.74) is 1.50. The average Bonchev–Trinajstić information content (AvgIpc) is 2.46. The van der Waals surface area contributed by atoms with Crippen molar-refractivity contribution < 1.29 is 4.79 Å². The number of aryl methyl sites for hydroxylation is 1. The molecule has 2 rings (SSSR count). The lowest BCUT2D eigenvalue weighted by Gasteiger charge is -2.24. The van der Waals surface area contributed by atoms with Crippen molar-refractivity contribution in [1.82, 2.24) is 10.3 Å². The number of benzene rings is 1. The topological polar surface area (TPSA) is 42.0 Å². The van der Waals surface area contributed by atoms with Crippen LogP contribution in [0, 0.1) is 6.92 Å². The van der Waals surface area contributed by atoms with Crippen molar-refractivity contribution in [2.24, 2.45) is 0 Å². The van der Waals surface area contributed by atoms with Crippen molar-refractivity contribution in [2.75, 3.05) is 0 Å². The first-order valence-electron chi connectivity index (χ1n) is 6.38. The van der Waals surface area contributed by atoms with E-state index < -0.39 is 9.17 Å². The molecule has 1 aromatic heterocycles. The van der Waals surface area contributed by atoms with Gasteiger partial charge in [-0.15, -0.1) is 0 Å². The average molecular weight is 376 g/mol. The molecule has 1 heterocycles. The molecular formula is C15H13Cl3N2OS. The highest BCUT2D eigenvalue weighted by Gasteiger charge is 2.35. The Bertz CT molecular complexity index is 647. The lowest BCUT2D eigenvalue weighted by atomic mass is 10.1. The Labute approximate surface area is 148 Å². The summed E-state index contributed by atoms with van der Waals surface area (Å²) in [6.07, 6.45) is 1.64. The first-order valence-corrected chi connectivity index (χ1v) is 8.39. The molecule has 22 heavy (non-hydrogen) atoms. The van der Waals surface area contributed by atoms with E-state index in [0.29, 0.717) is 10.6 Å². The predicted octanol–water partition coefficient (Wildman–Crippen LogP) is 4.61. The van der Waals surface area contributed by atoms with Crippen molar-refractivity contribution in [2.45, 2.75) is 21.1 Å². The standard InChI is InChI=1S/C15H13Cl3N2OS/c1-10-5-4-6-11(9-10)13(21)20-14(15(16,17)18)22-12-7-2-3-8-19-12/h2-9,14H,1H3,(H,20,21)/t14-/m1/s1. The molecule has 1 amide bonds. The number of aromatic nitrogens is 1. The predicted molar refractivity (Wildman–Crippen MR) is 92.8 cm³/mol. The highest BCUT2D eigenvalue weighted by atomic mass is 35.6. The second-order valence-electron chi connectivity index (χ2n) is 4.55. The van der Waals surface area contributed by atoms with Gasteiger partial charge in [-0.25, -0.2) is 4.98 Å². The molecule has 0 aliphatic rings. The lowest BCUT2D eigenvalue weighted by Crippen LogP contribution is -2.41. The zero-order valence-corrected chi connectivity index (χ0v) is 14.7. The van der Waals surface area contributed by atoms with Crippen molar-refractivity contribution in [1.29, 1.82) is 0 Å². The maximum atomic E-state index is 12.3. The van der Waals surface area contributed by atoms with Gasteiger partial charge in [-0.3, -0.25) is 4.79 Å². The Morgan fingerprint density at radius 3 is 2.59 bits per heavy atom. The largest absolute Gasteiger partial charge is 0.336 e. The van der Waals surface area contributed by atoms with Gasteiger partial charge in [0.2, 0.25) is 3.79 Å². The van der Waals surface area contributed by atoms with Gasteiger partial charge in [0.05, 0.1) is 5.03 Å². The van der Waals surface area contributed by atoms with Crippen LogP contribution in [0.3, 0.4) is 0 Å². The van der Waals surface area contributed by atoms with Crippen LogP contribution in [-0.2, 0) is 0 Å². The van der Waals surface area contributed by atoms with Gasteiger partial charge < -0.3 is 5.32 Å². The van der Waals surface area contributed by atoms with E-state index in [2.05, 4.69) is 10.3 Å². The highest BCUT2D eigenvalue weighted by Crippen LogP contribution is 2.38. The number of alkyl halides is 3. The van der Waals surface area contributed by atoms with Crippen LogP contribution in [0.2, 0.25) is 0 Å². The Morgan fingerprint density at radius 1 is 1.23 bits per heavy atom. The summed E-state index contributed by atoms with van der Waals surface area (Å²) in [4.78, 5) is 16.5. The summed E-state index contributed by atoms with van der Waals surface area (Å²) < 4.78 is -1.67. The Morgan fingerprint density at radius 2 is 2.00 bits per heavy atom. The number of hydrogen-bond acceptors (Lipinski definition) is 3. The second kappa shape index (κ2) is 7.55. The summed E-state index contributed by atoms with van der Waals surface area (Å²) in [5.74, 6) is -0.302. The summed E-state index contributed by atoms with van der Waals surface area (Å²) in [6, 6.07) is 12.6. The van der Waals surface area contributed by atoms with Crippen LogP contribution in [0.5, 0.6) is 0 Å². The summed E-state index contributed by atoms with van der Waals surface area (Å²) in [5, 5.41) is 2.63. The smallest absolute Gasteiger partial charge is 0.252 e. The number of hydrogen-bond donors (Lipinski definition) is 1. The van der Waals surface area contributed by atoms with Crippen molar-refractivity contribution >= 4 is 52.5 Å². The summed E-state index contributed by atoms with van der Waals surface area (Å²) in [6.45, 7) is 1.91. The Balaban J connectivity index is 2.15. The fourth-order valence-corrected chi connectivity index (χ4v) is 3.09. The van der Waals surface area contributed by atoms with Crippen LogP contribution in [0.1, 0.15) is 15.9 Å². The number of thioether (sulfide) groups is 1. The lowest BCUT2D eigenvalue weighted by molar-refractivity contribution is 0.0950. The molecule has 2 aromatic rings. The molecule has 0 aliphatic carbocycles. The molecule has 0 aliphatic heterocycles. The molecule has 7 heteroatoms. The third kappa shape index (κ3) is 5.06. The normalized spacial score (nSPS) is 12.7. The first-order chi connectivity index (χ1) is 10.4. The van der Waals surface area contributed by atoms with E-state index in [1.165, 1.54) is 11.8 Å². The molecule has 0 saturated carbocycles. The fourth-order valence-electron chi connectivity index (χ4n) is 1.70. The molecule has 1 atom stereocenters. The van der Waals surface area contributed by atoms with Crippen molar-refractivity contribution in [3.63, 3.8) is 0 Å². The fraction of sp³-hybridized carbons (Fsp3) is 0.200. The summed E-state index contributed by atoms with van der Waals surface area (Å²) in [7, 11) is 0. The van der Waals surface area contributed by atoms with Gasteiger partial charge in [0.1, 0.15) is 5.37 Å². The molecule has 1 aromatic carbocycles. The van der Waals surface area contributed by atoms with Gasteiger partial charge in [-0.05, 0) is 31.2 Å². The number of carbonyl (C=O) groups excluding carboxylic acids is 1.